The number of nitrogens with one attached hydrogen (secondary N) is 1. The first-order chi connectivity index (χ1) is 18.8. The van der Waals surface area contributed by atoms with Crippen LogP contribution < -0.4 is 5.32 Å². The summed E-state index contributed by atoms with van der Waals surface area (Å²) in [6.07, 6.45) is -1.34. The Morgan fingerprint density at radius 3 is 2.23 bits per heavy atom. The van der Waals surface area contributed by atoms with Crippen molar-refractivity contribution in [3.8, 4) is 11.1 Å². The van der Waals surface area contributed by atoms with E-state index in [2.05, 4.69) is 5.32 Å². The highest BCUT2D eigenvalue weighted by Crippen LogP contribution is 2.39. The first-order valence-electron chi connectivity index (χ1n) is 11.9. The predicted octanol–water partition coefficient (Wildman–Crippen LogP) is 5.18. The average molecular weight is 520 g/mol. The summed E-state index contributed by atoms with van der Waals surface area (Å²) in [7, 11) is 0. The molecule has 1 amide bonds. The fourth-order valence-corrected chi connectivity index (χ4v) is 4.58. The lowest BCUT2D eigenvalue weighted by Crippen LogP contribution is -2.38. The van der Waals surface area contributed by atoms with E-state index < -0.39 is 40.4 Å². The molecule has 0 fully saturated rings. The Kier molecular flexibility index (Phi) is 6.79. The Morgan fingerprint density at radius 1 is 0.821 bits per heavy atom. The van der Waals surface area contributed by atoms with E-state index in [1.54, 1.807) is 54.6 Å². The lowest BCUT2D eigenvalue weighted by molar-refractivity contribution is -0.384. The number of carbonyl (C=O) groups excluding carboxylic acids is 4. The summed E-state index contributed by atoms with van der Waals surface area (Å²) in [5.41, 5.74) is 1.66. The molecule has 0 unspecified atom stereocenters. The first kappa shape index (κ1) is 25.2. The van der Waals surface area contributed by atoms with Crippen LogP contribution in [0.5, 0.6) is 0 Å². The molecule has 1 N–H and O–H groups in total. The molecule has 5 rings (SSSR count). The number of rotatable bonds is 8. The number of amides is 1. The number of non-ortho nitro benzene ring substituents is 1. The highest BCUT2D eigenvalue weighted by molar-refractivity contribution is 6.45. The zero-order valence-electron chi connectivity index (χ0n) is 20.3. The Hall–Kier alpha value is -5.44. The minimum absolute atomic E-state index is 0.00208. The molecule has 0 saturated carbocycles. The van der Waals surface area contributed by atoms with Crippen molar-refractivity contribution < 1.29 is 28.8 Å². The van der Waals surface area contributed by atoms with Crippen molar-refractivity contribution in [2.45, 2.75) is 6.10 Å². The number of ketones is 2. The van der Waals surface area contributed by atoms with Crippen LogP contribution in [0.3, 0.4) is 0 Å². The summed E-state index contributed by atoms with van der Waals surface area (Å²) in [5, 5.41) is 13.5. The number of cyclic esters (lactones) is 1. The van der Waals surface area contributed by atoms with Crippen LogP contribution in [0.2, 0.25) is 0 Å². The quantitative estimate of drug-likeness (QED) is 0.0845. The van der Waals surface area contributed by atoms with Crippen molar-refractivity contribution in [3.63, 3.8) is 0 Å². The second-order valence-corrected chi connectivity index (χ2v) is 8.79. The van der Waals surface area contributed by atoms with E-state index in [0.717, 1.165) is 11.6 Å². The summed E-state index contributed by atoms with van der Waals surface area (Å²) in [4.78, 5) is 64.0. The summed E-state index contributed by atoms with van der Waals surface area (Å²) >= 11 is 0. The molecule has 0 saturated heterocycles. The van der Waals surface area contributed by atoms with E-state index in [0.29, 0.717) is 11.1 Å². The molecule has 9 nitrogen and oxygen atoms in total. The fourth-order valence-electron chi connectivity index (χ4n) is 4.58. The maximum atomic E-state index is 14.1. The Balaban J connectivity index is 1.56. The number of nitro groups is 1. The van der Waals surface area contributed by atoms with Crippen LogP contribution in [0.15, 0.2) is 103 Å². The Labute approximate surface area is 222 Å². The van der Waals surface area contributed by atoms with E-state index in [9.17, 15) is 29.3 Å². The van der Waals surface area contributed by atoms with Gasteiger partial charge in [-0.2, -0.15) is 0 Å². The number of esters is 1. The van der Waals surface area contributed by atoms with Gasteiger partial charge in [-0.15, -0.1) is 0 Å². The van der Waals surface area contributed by atoms with Crippen LogP contribution in [-0.2, 0) is 14.3 Å². The van der Waals surface area contributed by atoms with Gasteiger partial charge in [-0.1, -0.05) is 78.9 Å². The smallest absolute Gasteiger partial charge is 0.339 e. The van der Waals surface area contributed by atoms with Gasteiger partial charge in [0.25, 0.3) is 11.6 Å². The minimum atomic E-state index is -1.71. The normalized spacial score (nSPS) is 14.6. The third-order valence-electron chi connectivity index (χ3n) is 6.40. The Bertz CT molecular complexity index is 1630. The molecule has 9 heteroatoms. The molecule has 0 radical (unpaired) electrons. The molecule has 0 bridgehead atoms. The molecule has 1 aliphatic rings. The van der Waals surface area contributed by atoms with Crippen molar-refractivity contribution in [1.82, 2.24) is 0 Å². The molecular weight excluding hydrogens is 500 g/mol. The number of fused-ring (bicyclic) bond motifs is 1. The maximum Gasteiger partial charge on any atom is 0.339 e. The molecule has 39 heavy (non-hydrogen) atoms. The highest BCUT2D eigenvalue weighted by atomic mass is 16.6. The van der Waals surface area contributed by atoms with Gasteiger partial charge < -0.3 is 10.1 Å². The molecule has 4 aromatic carbocycles. The summed E-state index contributed by atoms with van der Waals surface area (Å²) < 4.78 is 5.50. The van der Waals surface area contributed by atoms with Crippen molar-refractivity contribution in [3.05, 3.63) is 130 Å². The second-order valence-electron chi connectivity index (χ2n) is 8.79. The van der Waals surface area contributed by atoms with E-state index in [1.807, 2.05) is 18.2 Å². The van der Waals surface area contributed by atoms with E-state index >= 15 is 0 Å². The van der Waals surface area contributed by atoms with E-state index in [1.165, 1.54) is 24.3 Å². The number of hydrogen-bond acceptors (Lipinski definition) is 7. The zero-order chi connectivity index (χ0) is 27.5. The third-order valence-corrected chi connectivity index (χ3v) is 6.40. The van der Waals surface area contributed by atoms with Crippen LogP contribution >= 0.6 is 0 Å². The largest absolute Gasteiger partial charge is 0.453 e. The summed E-state index contributed by atoms with van der Waals surface area (Å²) in [6.45, 7) is 0. The lowest BCUT2D eigenvalue weighted by atomic mass is 9.82. The number of benzene rings is 4. The van der Waals surface area contributed by atoms with Gasteiger partial charge in [0.15, 0.2) is 5.78 Å². The van der Waals surface area contributed by atoms with Crippen molar-refractivity contribution in [2.24, 2.45) is 5.92 Å². The number of ether oxygens (including phenoxy) is 1. The standard InChI is InChI=1S/C30H20N2O7/c33-26(22-14-5-4-13-21(22)18-9-2-1-3-10-18)25(28-23-15-6-7-16-24(23)30(36)39-28)27(34)29(35)31-19-11-8-12-20(17-19)32(37)38/h1-17,25,28H,(H,31,35)/t25-,28-/m0/s1. The molecule has 0 aromatic heterocycles. The summed E-state index contributed by atoms with van der Waals surface area (Å²) in [6, 6.07) is 27.1. The molecular formula is C30H20N2O7. The van der Waals surface area contributed by atoms with Crippen molar-refractivity contribution >= 4 is 34.8 Å². The predicted molar refractivity (Wildman–Crippen MR) is 141 cm³/mol. The number of nitro benzene ring substituents is 1. The van der Waals surface area contributed by atoms with E-state index in [-0.39, 0.29) is 22.5 Å². The number of hydrogen-bond donors (Lipinski definition) is 1. The highest BCUT2D eigenvalue weighted by Gasteiger charge is 2.46. The van der Waals surface area contributed by atoms with Gasteiger partial charge in [0.1, 0.15) is 12.0 Å². The number of carbonyl (C=O) groups is 4. The maximum absolute atomic E-state index is 14.1. The average Bonchev–Trinajstić information content (AvgIpc) is 3.29. The van der Waals surface area contributed by atoms with Crippen LogP contribution in [0.1, 0.15) is 32.4 Å². The SMILES string of the molecule is O=C(Nc1cccc([N+](=O)[O-])c1)C(=O)[C@H](C(=O)c1ccccc1-c1ccccc1)[C@H]1OC(=O)c2ccccc21. The molecule has 4 aromatic rings. The zero-order valence-corrected chi connectivity index (χ0v) is 20.3. The fraction of sp³-hybridized carbons (Fsp3) is 0.0667. The molecule has 1 aliphatic heterocycles. The van der Waals surface area contributed by atoms with Crippen LogP contribution in [0.4, 0.5) is 11.4 Å². The molecule has 0 spiro atoms. The molecule has 0 aliphatic carbocycles. The van der Waals surface area contributed by atoms with Gasteiger partial charge >= 0.3 is 5.97 Å². The molecule has 2 atom stereocenters. The van der Waals surface area contributed by atoms with Gasteiger partial charge in [0.05, 0.1) is 10.5 Å². The first-order valence-corrected chi connectivity index (χ1v) is 11.9. The second kappa shape index (κ2) is 10.5. The van der Waals surface area contributed by atoms with Crippen molar-refractivity contribution in [1.29, 1.82) is 0 Å². The number of anilines is 1. The Morgan fingerprint density at radius 2 is 1.49 bits per heavy atom. The lowest BCUT2D eigenvalue weighted by Gasteiger charge is -2.22. The monoisotopic (exact) mass is 520 g/mol. The van der Waals surface area contributed by atoms with Crippen LogP contribution in [-0.4, -0.2) is 28.4 Å². The van der Waals surface area contributed by atoms with Gasteiger partial charge in [0, 0.05) is 28.9 Å². The number of Topliss-reactive ketones (excluding diaryl/α,β-unsaturated/α-hetero) is 2. The van der Waals surface area contributed by atoms with Crippen molar-refractivity contribution in [2.75, 3.05) is 5.32 Å². The van der Waals surface area contributed by atoms with Crippen LogP contribution in [0, 0.1) is 16.0 Å². The van der Waals surface area contributed by atoms with Gasteiger partial charge in [-0.05, 0) is 23.3 Å². The van der Waals surface area contributed by atoms with Gasteiger partial charge in [0.2, 0.25) is 5.78 Å². The number of nitrogens with zero attached hydrogens (tertiary/aromatic N) is 1. The topological polar surface area (TPSA) is 133 Å². The van der Waals surface area contributed by atoms with Crippen LogP contribution in [0.25, 0.3) is 11.1 Å². The minimum Gasteiger partial charge on any atom is -0.453 e. The molecule has 192 valence electrons. The van der Waals surface area contributed by atoms with Gasteiger partial charge in [-0.25, -0.2) is 4.79 Å². The van der Waals surface area contributed by atoms with E-state index in [4.69, 9.17) is 4.74 Å². The summed E-state index contributed by atoms with van der Waals surface area (Å²) in [5.74, 6) is -5.45. The molecule has 1 heterocycles. The third kappa shape index (κ3) is 4.93. The van der Waals surface area contributed by atoms with Gasteiger partial charge in [-0.3, -0.25) is 24.5 Å².